The highest BCUT2D eigenvalue weighted by Crippen LogP contribution is 2.29. The summed E-state index contributed by atoms with van der Waals surface area (Å²) in [5.41, 5.74) is 1.53. The SMILES string of the molecule is CC(N[C@@H](C)c1cccc(F)c1)c1ccc(O)cc1O. The van der Waals surface area contributed by atoms with Gasteiger partial charge in [0.25, 0.3) is 0 Å². The van der Waals surface area contributed by atoms with Gasteiger partial charge in [-0.3, -0.25) is 0 Å². The number of hydrogen-bond donors (Lipinski definition) is 3. The summed E-state index contributed by atoms with van der Waals surface area (Å²) < 4.78 is 13.2. The van der Waals surface area contributed by atoms with Gasteiger partial charge in [0.2, 0.25) is 0 Å². The Balaban J connectivity index is 2.12. The summed E-state index contributed by atoms with van der Waals surface area (Å²) in [7, 11) is 0. The summed E-state index contributed by atoms with van der Waals surface area (Å²) in [5.74, 6) is -0.204. The zero-order chi connectivity index (χ0) is 14.7. The van der Waals surface area contributed by atoms with E-state index < -0.39 is 0 Å². The molecule has 0 heterocycles. The number of hydrogen-bond acceptors (Lipinski definition) is 3. The molecule has 0 saturated heterocycles. The quantitative estimate of drug-likeness (QED) is 0.798. The van der Waals surface area contributed by atoms with Gasteiger partial charge in [-0.2, -0.15) is 0 Å². The number of halogens is 1. The van der Waals surface area contributed by atoms with Crippen molar-refractivity contribution < 1.29 is 14.6 Å². The number of benzene rings is 2. The third-order valence-corrected chi connectivity index (χ3v) is 3.33. The lowest BCUT2D eigenvalue weighted by molar-refractivity contribution is 0.427. The molecule has 0 saturated carbocycles. The fourth-order valence-corrected chi connectivity index (χ4v) is 2.24. The minimum absolute atomic E-state index is 0.0247. The van der Waals surface area contributed by atoms with Crippen LogP contribution in [0.15, 0.2) is 42.5 Å². The summed E-state index contributed by atoms with van der Waals surface area (Å²) in [5, 5.41) is 22.4. The van der Waals surface area contributed by atoms with Crippen LogP contribution in [0.1, 0.15) is 37.1 Å². The van der Waals surface area contributed by atoms with Crippen LogP contribution >= 0.6 is 0 Å². The fraction of sp³-hybridized carbons (Fsp3) is 0.250. The number of phenols is 2. The van der Waals surface area contributed by atoms with E-state index in [1.807, 2.05) is 19.9 Å². The van der Waals surface area contributed by atoms with Crippen LogP contribution in [0, 0.1) is 5.82 Å². The fourth-order valence-electron chi connectivity index (χ4n) is 2.24. The molecule has 0 aromatic heterocycles. The van der Waals surface area contributed by atoms with Gasteiger partial charge in [0.05, 0.1) is 0 Å². The third kappa shape index (κ3) is 3.27. The Labute approximate surface area is 117 Å². The third-order valence-electron chi connectivity index (χ3n) is 3.33. The van der Waals surface area contributed by atoms with Crippen molar-refractivity contribution in [3.63, 3.8) is 0 Å². The van der Waals surface area contributed by atoms with E-state index in [2.05, 4.69) is 5.32 Å². The average Bonchev–Trinajstić information content (AvgIpc) is 2.38. The first kappa shape index (κ1) is 14.3. The van der Waals surface area contributed by atoms with Crippen molar-refractivity contribution in [2.45, 2.75) is 25.9 Å². The van der Waals surface area contributed by atoms with Crippen LogP contribution in [-0.2, 0) is 0 Å². The zero-order valence-corrected chi connectivity index (χ0v) is 11.5. The van der Waals surface area contributed by atoms with E-state index in [4.69, 9.17) is 0 Å². The molecule has 2 atom stereocenters. The van der Waals surface area contributed by atoms with Crippen molar-refractivity contribution in [3.8, 4) is 11.5 Å². The molecule has 2 rings (SSSR count). The Hall–Kier alpha value is -2.07. The van der Waals surface area contributed by atoms with Crippen LogP contribution in [0.5, 0.6) is 11.5 Å². The summed E-state index contributed by atoms with van der Waals surface area (Å²) >= 11 is 0. The molecule has 106 valence electrons. The normalized spacial score (nSPS) is 13.9. The van der Waals surface area contributed by atoms with Gasteiger partial charge in [0, 0.05) is 23.7 Å². The van der Waals surface area contributed by atoms with Gasteiger partial charge in [-0.25, -0.2) is 4.39 Å². The summed E-state index contributed by atoms with van der Waals surface area (Å²) in [6, 6.07) is 10.7. The maximum atomic E-state index is 13.2. The van der Waals surface area contributed by atoms with Crippen molar-refractivity contribution in [1.82, 2.24) is 5.32 Å². The Kier molecular flexibility index (Phi) is 4.25. The van der Waals surface area contributed by atoms with Crippen LogP contribution in [0.2, 0.25) is 0 Å². The largest absolute Gasteiger partial charge is 0.508 e. The molecule has 1 unspecified atom stereocenters. The van der Waals surface area contributed by atoms with Crippen molar-refractivity contribution in [2.75, 3.05) is 0 Å². The first-order valence-electron chi connectivity index (χ1n) is 6.50. The predicted octanol–water partition coefficient (Wildman–Crippen LogP) is 3.65. The number of aromatic hydroxyl groups is 2. The molecular weight excluding hydrogens is 257 g/mol. The van der Waals surface area contributed by atoms with Gasteiger partial charge in [-0.05, 0) is 37.6 Å². The van der Waals surface area contributed by atoms with Crippen molar-refractivity contribution in [2.24, 2.45) is 0 Å². The Bertz CT molecular complexity index is 601. The minimum Gasteiger partial charge on any atom is -0.508 e. The zero-order valence-electron chi connectivity index (χ0n) is 11.5. The maximum Gasteiger partial charge on any atom is 0.124 e. The molecule has 0 spiro atoms. The molecule has 0 aliphatic carbocycles. The van der Waals surface area contributed by atoms with Gasteiger partial charge in [0.15, 0.2) is 0 Å². The summed E-state index contributed by atoms with van der Waals surface area (Å²) in [4.78, 5) is 0. The lowest BCUT2D eigenvalue weighted by Crippen LogP contribution is -2.22. The number of phenolic OH excluding ortho intramolecular Hbond substituents is 2. The average molecular weight is 275 g/mol. The molecule has 0 fully saturated rings. The van der Waals surface area contributed by atoms with Crippen molar-refractivity contribution >= 4 is 0 Å². The number of rotatable bonds is 4. The van der Waals surface area contributed by atoms with E-state index in [-0.39, 0.29) is 29.4 Å². The van der Waals surface area contributed by atoms with E-state index in [9.17, 15) is 14.6 Å². The van der Waals surface area contributed by atoms with E-state index in [0.717, 1.165) is 5.56 Å². The molecule has 0 amide bonds. The molecule has 0 aliphatic heterocycles. The highest BCUT2D eigenvalue weighted by Gasteiger charge is 2.14. The molecule has 2 aromatic carbocycles. The molecule has 20 heavy (non-hydrogen) atoms. The minimum atomic E-state index is -0.267. The Morgan fingerprint density at radius 2 is 1.75 bits per heavy atom. The Morgan fingerprint density at radius 1 is 1.00 bits per heavy atom. The van der Waals surface area contributed by atoms with Gasteiger partial charge in [0.1, 0.15) is 17.3 Å². The monoisotopic (exact) mass is 275 g/mol. The smallest absolute Gasteiger partial charge is 0.124 e. The molecular formula is C16H18FNO2. The molecule has 2 aromatic rings. The second-order valence-corrected chi connectivity index (χ2v) is 4.91. The highest BCUT2D eigenvalue weighted by molar-refractivity contribution is 5.40. The van der Waals surface area contributed by atoms with Gasteiger partial charge >= 0.3 is 0 Å². The van der Waals surface area contributed by atoms with Crippen molar-refractivity contribution in [1.29, 1.82) is 0 Å². The second-order valence-electron chi connectivity index (χ2n) is 4.91. The van der Waals surface area contributed by atoms with E-state index >= 15 is 0 Å². The molecule has 0 radical (unpaired) electrons. The van der Waals surface area contributed by atoms with Crippen LogP contribution in [0.25, 0.3) is 0 Å². The highest BCUT2D eigenvalue weighted by atomic mass is 19.1. The van der Waals surface area contributed by atoms with Gasteiger partial charge < -0.3 is 15.5 Å². The molecule has 4 heteroatoms. The first-order valence-corrected chi connectivity index (χ1v) is 6.50. The molecule has 0 bridgehead atoms. The van der Waals surface area contributed by atoms with Gasteiger partial charge in [-0.1, -0.05) is 18.2 Å². The van der Waals surface area contributed by atoms with E-state index in [0.29, 0.717) is 5.56 Å². The van der Waals surface area contributed by atoms with Crippen LogP contribution in [-0.4, -0.2) is 10.2 Å². The Morgan fingerprint density at radius 3 is 2.40 bits per heavy atom. The van der Waals surface area contributed by atoms with Crippen molar-refractivity contribution in [3.05, 3.63) is 59.4 Å². The molecule has 0 aliphatic rings. The topological polar surface area (TPSA) is 52.5 Å². The van der Waals surface area contributed by atoms with Crippen LogP contribution in [0.4, 0.5) is 4.39 Å². The number of nitrogens with one attached hydrogen (secondary N) is 1. The van der Waals surface area contributed by atoms with Gasteiger partial charge in [-0.15, -0.1) is 0 Å². The molecule has 3 N–H and O–H groups in total. The molecule has 3 nitrogen and oxygen atoms in total. The second kappa shape index (κ2) is 5.92. The lowest BCUT2D eigenvalue weighted by atomic mass is 10.0. The van der Waals surface area contributed by atoms with Crippen LogP contribution < -0.4 is 5.32 Å². The predicted molar refractivity (Wildman–Crippen MR) is 76.1 cm³/mol. The first-order chi connectivity index (χ1) is 9.47. The van der Waals surface area contributed by atoms with Crippen LogP contribution in [0.3, 0.4) is 0 Å². The summed E-state index contributed by atoms with van der Waals surface area (Å²) in [6.45, 7) is 3.84. The lowest BCUT2D eigenvalue weighted by Gasteiger charge is -2.21. The van der Waals surface area contributed by atoms with E-state index in [1.54, 1.807) is 12.1 Å². The summed E-state index contributed by atoms with van der Waals surface area (Å²) in [6.07, 6.45) is 0. The standard InChI is InChI=1S/C16H18FNO2/c1-10(12-4-3-5-13(17)8-12)18-11(2)15-7-6-14(19)9-16(15)20/h3-11,18-20H,1-2H3/t10-,11?/m0/s1. The maximum absolute atomic E-state index is 13.2. The van der Waals surface area contributed by atoms with E-state index in [1.165, 1.54) is 24.3 Å².